The van der Waals surface area contributed by atoms with Crippen molar-refractivity contribution >= 4 is 45.8 Å². The maximum absolute atomic E-state index is 13.5. The predicted octanol–water partition coefficient (Wildman–Crippen LogP) is 6.95. The van der Waals surface area contributed by atoms with Gasteiger partial charge in [-0.3, -0.25) is 0 Å². The smallest absolute Gasteiger partial charge is 0.427 e. The van der Waals surface area contributed by atoms with Crippen LogP contribution in [0.15, 0.2) is 60.1 Å². The van der Waals surface area contributed by atoms with Crippen LogP contribution in [0.25, 0.3) is 16.8 Å². The van der Waals surface area contributed by atoms with Crippen LogP contribution in [-0.4, -0.2) is 16.7 Å². The summed E-state index contributed by atoms with van der Waals surface area (Å²) in [5.74, 6) is -0.333. The number of allylic oxidation sites excluding steroid dienone is 1. The van der Waals surface area contributed by atoms with Crippen LogP contribution in [0, 0.1) is 11.3 Å². The average Bonchev–Trinajstić information content (AvgIpc) is 3.20. The molecule has 2 aromatic carbocycles. The van der Waals surface area contributed by atoms with Gasteiger partial charge in [0.2, 0.25) is 0 Å². The summed E-state index contributed by atoms with van der Waals surface area (Å²) in [4.78, 5) is 4.43. The highest BCUT2D eigenvalue weighted by Crippen LogP contribution is 2.34. The van der Waals surface area contributed by atoms with Gasteiger partial charge in [-0.15, -0.1) is 11.3 Å². The van der Waals surface area contributed by atoms with Gasteiger partial charge in [0.25, 0.3) is 5.63 Å². The first kappa shape index (κ1) is 22.0. The van der Waals surface area contributed by atoms with Crippen LogP contribution in [0.5, 0.6) is 5.75 Å². The molecule has 1 atom stereocenters. The van der Waals surface area contributed by atoms with Gasteiger partial charge in [-0.05, 0) is 24.3 Å². The summed E-state index contributed by atoms with van der Waals surface area (Å²) >= 11 is 12.0. The lowest BCUT2D eigenvalue weighted by Crippen LogP contribution is -2.33. The molecule has 0 aliphatic rings. The first-order valence-electron chi connectivity index (χ1n) is 8.33. The maximum atomic E-state index is 13.5. The largest absolute Gasteiger partial charge is 0.444 e. The molecule has 154 valence electrons. The van der Waals surface area contributed by atoms with Crippen molar-refractivity contribution in [1.29, 1.82) is 5.26 Å². The highest BCUT2D eigenvalue weighted by molar-refractivity contribution is 7.11. The normalized spacial score (nSPS) is 12.9. The Morgan fingerprint density at radius 2 is 1.93 bits per heavy atom. The Balaban J connectivity index is 1.82. The lowest BCUT2D eigenvalue weighted by atomic mass is 10.2. The van der Waals surface area contributed by atoms with Crippen molar-refractivity contribution in [2.45, 2.75) is 11.7 Å². The molecule has 0 saturated heterocycles. The molecule has 30 heavy (non-hydrogen) atoms. The van der Waals surface area contributed by atoms with Crippen LogP contribution >= 0.6 is 34.5 Å². The topological polar surface area (TPSA) is 57.9 Å². The van der Waals surface area contributed by atoms with Crippen molar-refractivity contribution in [1.82, 2.24) is 4.98 Å². The number of thiazole rings is 1. The lowest BCUT2D eigenvalue weighted by molar-refractivity contribution is -0.198. The molecule has 4 nitrogen and oxygen atoms in total. The summed E-state index contributed by atoms with van der Waals surface area (Å²) in [5, 5.41) is 15.0. The highest BCUT2D eigenvalue weighted by Gasteiger charge is 2.42. The standard InChI is InChI=1S/C20H12Cl2F3N3OS/c21-14-7-5-12(6-8-14)16-11-30-18(28-16)13(9-26)10-27-15-3-1-2-4-17(15)29-20(24,25)19(22)23/h1-8,10-11,19,27H. The fourth-order valence-electron chi connectivity index (χ4n) is 2.31. The summed E-state index contributed by atoms with van der Waals surface area (Å²) in [6.45, 7) is 0. The number of benzene rings is 2. The van der Waals surface area contributed by atoms with E-state index in [0.717, 1.165) is 5.56 Å². The van der Waals surface area contributed by atoms with Crippen molar-refractivity contribution in [2.75, 3.05) is 5.32 Å². The molecule has 1 N–H and O–H groups in total. The Hall–Kier alpha value is -2.73. The molecule has 0 aliphatic carbocycles. The van der Waals surface area contributed by atoms with Gasteiger partial charge in [0.05, 0.1) is 11.4 Å². The second-order valence-corrected chi connectivity index (χ2v) is 7.50. The minimum absolute atomic E-state index is 0.0942. The van der Waals surface area contributed by atoms with Gasteiger partial charge in [-0.25, -0.2) is 9.37 Å². The number of hydrogen-bond acceptors (Lipinski definition) is 5. The third kappa shape index (κ3) is 5.25. The molecule has 1 unspecified atom stereocenters. The van der Waals surface area contributed by atoms with E-state index in [1.165, 1.54) is 35.7 Å². The number of nitrogens with one attached hydrogen (secondary N) is 1. The number of para-hydroxylation sites is 2. The number of alkyl halides is 4. The molecule has 1 heterocycles. The number of aromatic nitrogens is 1. The number of nitrogens with zero attached hydrogens (tertiary/aromatic N) is 2. The number of rotatable bonds is 7. The Kier molecular flexibility index (Phi) is 6.87. The molecule has 3 aromatic rings. The van der Waals surface area contributed by atoms with Crippen molar-refractivity contribution in [2.24, 2.45) is 0 Å². The van der Waals surface area contributed by atoms with E-state index in [2.05, 4.69) is 15.0 Å². The molecule has 1 aromatic heterocycles. The number of ether oxygens (including phenoxy) is 1. The van der Waals surface area contributed by atoms with Crippen LogP contribution in [0.3, 0.4) is 0 Å². The van der Waals surface area contributed by atoms with Crippen LogP contribution in [0.1, 0.15) is 5.01 Å². The first-order chi connectivity index (χ1) is 14.3. The summed E-state index contributed by atoms with van der Waals surface area (Å²) in [7, 11) is 0. The van der Waals surface area contributed by atoms with Crippen molar-refractivity contribution < 1.29 is 17.9 Å². The van der Waals surface area contributed by atoms with E-state index < -0.39 is 11.7 Å². The molecular formula is C20H12Cl2F3N3OS. The van der Waals surface area contributed by atoms with Crippen molar-refractivity contribution in [3.8, 4) is 23.1 Å². The average molecular weight is 470 g/mol. The Morgan fingerprint density at radius 3 is 2.60 bits per heavy atom. The Bertz CT molecular complexity index is 1100. The molecule has 0 radical (unpaired) electrons. The van der Waals surface area contributed by atoms with Gasteiger partial charge in [0.1, 0.15) is 22.4 Å². The van der Waals surface area contributed by atoms with Crippen LogP contribution < -0.4 is 10.1 Å². The Morgan fingerprint density at radius 1 is 1.23 bits per heavy atom. The Labute approximate surface area is 184 Å². The zero-order valence-corrected chi connectivity index (χ0v) is 17.3. The zero-order valence-electron chi connectivity index (χ0n) is 15.0. The molecule has 0 saturated carbocycles. The van der Waals surface area contributed by atoms with Crippen LogP contribution in [0.2, 0.25) is 5.02 Å². The molecule has 0 fully saturated rings. The second-order valence-electron chi connectivity index (χ2n) is 5.82. The summed E-state index contributed by atoms with van der Waals surface area (Å²) < 4.78 is 44.2. The van der Waals surface area contributed by atoms with Crippen molar-refractivity contribution in [3.05, 3.63) is 70.1 Å². The third-order valence-corrected chi connectivity index (χ3v) is 5.14. The van der Waals surface area contributed by atoms with Gasteiger partial charge in [-0.1, -0.05) is 47.5 Å². The fourth-order valence-corrected chi connectivity index (χ4v) is 3.27. The molecule has 0 spiro atoms. The fraction of sp³-hybridized carbons (Fsp3) is 0.100. The summed E-state index contributed by atoms with van der Waals surface area (Å²) in [6, 6.07) is 14.7. The molecule has 0 amide bonds. The van der Waals surface area contributed by atoms with Gasteiger partial charge in [-0.2, -0.15) is 14.0 Å². The third-order valence-electron chi connectivity index (χ3n) is 3.75. The second kappa shape index (κ2) is 9.39. The molecule has 10 heteroatoms. The van der Waals surface area contributed by atoms with E-state index in [4.69, 9.17) is 23.2 Å². The molecular weight excluding hydrogens is 458 g/mol. The maximum Gasteiger partial charge on any atom is 0.444 e. The number of nitriles is 1. The van der Waals surface area contributed by atoms with E-state index in [9.17, 15) is 18.4 Å². The lowest BCUT2D eigenvalue weighted by Gasteiger charge is -2.19. The first-order valence-corrected chi connectivity index (χ1v) is 10.0. The number of anilines is 1. The number of halogens is 5. The van der Waals surface area contributed by atoms with Gasteiger partial charge < -0.3 is 10.1 Å². The number of hydrogen-bond donors (Lipinski definition) is 1. The van der Waals surface area contributed by atoms with Crippen LogP contribution in [-0.2, 0) is 0 Å². The van der Waals surface area contributed by atoms with E-state index in [-0.39, 0.29) is 17.0 Å². The predicted molar refractivity (Wildman–Crippen MR) is 113 cm³/mol. The van der Waals surface area contributed by atoms with Crippen LogP contribution in [0.4, 0.5) is 18.9 Å². The summed E-state index contributed by atoms with van der Waals surface area (Å²) in [5.41, 5.74) is -1.26. The monoisotopic (exact) mass is 469 g/mol. The van der Waals surface area contributed by atoms with Gasteiger partial charge >= 0.3 is 6.11 Å². The molecule has 3 rings (SSSR count). The minimum atomic E-state index is -4.22. The van der Waals surface area contributed by atoms with E-state index >= 15 is 0 Å². The molecule has 0 aliphatic heterocycles. The minimum Gasteiger partial charge on any atom is -0.427 e. The van der Waals surface area contributed by atoms with E-state index in [0.29, 0.717) is 15.7 Å². The van der Waals surface area contributed by atoms with Gasteiger partial charge in [0.15, 0.2) is 0 Å². The SMILES string of the molecule is N#CC(=CNc1ccccc1OC(F)(F)C(F)Cl)c1nc(-c2ccc(Cl)cc2)cs1. The quantitative estimate of drug-likeness (QED) is 0.300. The van der Waals surface area contributed by atoms with Crippen molar-refractivity contribution in [3.63, 3.8) is 0 Å². The highest BCUT2D eigenvalue weighted by atomic mass is 35.5. The van der Waals surface area contributed by atoms with Gasteiger partial charge in [0, 0.05) is 22.2 Å². The summed E-state index contributed by atoms with van der Waals surface area (Å²) in [6.07, 6.45) is -2.91. The van der Waals surface area contributed by atoms with E-state index in [1.807, 2.05) is 6.07 Å². The zero-order chi connectivity index (χ0) is 21.7. The van der Waals surface area contributed by atoms with E-state index in [1.54, 1.807) is 35.7 Å². The molecule has 0 bridgehead atoms.